The summed E-state index contributed by atoms with van der Waals surface area (Å²) in [5.74, 6) is 1.02. The lowest BCUT2D eigenvalue weighted by molar-refractivity contribution is 0.0106. The minimum absolute atomic E-state index is 0.0534. The van der Waals surface area contributed by atoms with E-state index in [1.54, 1.807) is 0 Å². The highest BCUT2D eigenvalue weighted by molar-refractivity contribution is 6.10. The molecule has 7 nitrogen and oxygen atoms in total. The zero-order chi connectivity index (χ0) is 33.6. The molecule has 3 aromatic carbocycles. The van der Waals surface area contributed by atoms with Gasteiger partial charge in [0.15, 0.2) is 5.66 Å². The van der Waals surface area contributed by atoms with E-state index in [1.165, 1.54) is 51.4 Å². The van der Waals surface area contributed by atoms with Crippen molar-refractivity contribution in [2.75, 3.05) is 19.8 Å². The molecule has 1 aliphatic heterocycles. The lowest BCUT2D eigenvalue weighted by Gasteiger charge is -2.38. The summed E-state index contributed by atoms with van der Waals surface area (Å²) in [6, 6.07) is 19.5. The Balaban J connectivity index is 1.45. The van der Waals surface area contributed by atoms with Gasteiger partial charge < -0.3 is 19.9 Å². The number of aliphatic imine (C=N–C) groups is 1. The minimum atomic E-state index is -1.26. The topological polar surface area (TPSA) is 92.2 Å². The average Bonchev–Trinajstić information content (AvgIpc) is 3.04. The molecule has 0 aromatic heterocycles. The third-order valence-corrected chi connectivity index (χ3v) is 8.88. The Morgan fingerprint density at radius 1 is 0.766 bits per heavy atom. The van der Waals surface area contributed by atoms with Crippen molar-refractivity contribution in [1.29, 1.82) is 0 Å². The molecule has 0 saturated heterocycles. The second kappa shape index (κ2) is 18.0. The number of aliphatic hydroxyl groups excluding tert-OH is 1. The normalized spacial score (nSPS) is 16.7. The highest BCUT2D eigenvalue weighted by Gasteiger charge is 2.43. The molecule has 0 saturated carbocycles. The summed E-state index contributed by atoms with van der Waals surface area (Å²) in [5, 5.41) is 16.9. The molecule has 3 N–H and O–H groups in total. The zero-order valence-electron chi connectivity index (χ0n) is 29.2. The molecule has 2 unspecified atom stereocenters. The van der Waals surface area contributed by atoms with Gasteiger partial charge in [0.25, 0.3) is 0 Å². The number of unbranched alkanes of at least 4 members (excludes halogenated alkanes) is 9. The second-order valence-electron chi connectivity index (χ2n) is 13.1. The van der Waals surface area contributed by atoms with Crippen LogP contribution >= 0.6 is 0 Å². The van der Waals surface area contributed by atoms with Gasteiger partial charge in [-0.25, -0.2) is 9.79 Å². The van der Waals surface area contributed by atoms with Crippen molar-refractivity contribution in [3.05, 3.63) is 99.6 Å². The third-order valence-electron chi connectivity index (χ3n) is 8.88. The summed E-state index contributed by atoms with van der Waals surface area (Å²) in [6.45, 7) is 11.3. The van der Waals surface area contributed by atoms with Crippen molar-refractivity contribution in [2.24, 2.45) is 4.99 Å². The fraction of sp³-hybridized carbons (Fsp3) is 0.500. The molecule has 2 amide bonds. The van der Waals surface area contributed by atoms with Gasteiger partial charge >= 0.3 is 6.03 Å². The highest BCUT2D eigenvalue weighted by Crippen LogP contribution is 2.40. The van der Waals surface area contributed by atoms with Crippen LogP contribution in [0.25, 0.3) is 0 Å². The molecule has 1 aliphatic rings. The molecule has 254 valence electrons. The Morgan fingerprint density at radius 3 is 2.09 bits per heavy atom. The fourth-order valence-corrected chi connectivity index (χ4v) is 6.39. The van der Waals surface area contributed by atoms with Crippen LogP contribution in [-0.4, -0.2) is 42.9 Å². The van der Waals surface area contributed by atoms with Gasteiger partial charge in [0.05, 0.1) is 6.61 Å². The summed E-state index contributed by atoms with van der Waals surface area (Å²) in [6.07, 6.45) is 11.9. The van der Waals surface area contributed by atoms with Gasteiger partial charge in [-0.1, -0.05) is 130 Å². The predicted molar refractivity (Wildman–Crippen MR) is 191 cm³/mol. The standard InChI is InChI=1S/C40H55N3O4/c1-6-7-8-9-10-11-12-13-14-17-24-46-27-33(44)28-47-37-19-16-15-18-36(37)40(35-23-21-30(3)26-32(35)5)42-38(41-39(45)43-40)34-22-20-29(2)25-31(34)4/h15-16,18-23,25-26,33,44H,6-14,17,24,27-28H2,1-5H3,(H2,41,42,43,45). The second-order valence-corrected chi connectivity index (χ2v) is 13.1. The minimum Gasteiger partial charge on any atom is -0.490 e. The first-order valence-electron chi connectivity index (χ1n) is 17.6. The number of carbonyl (C=O) groups is 1. The Labute approximate surface area is 282 Å². The summed E-state index contributed by atoms with van der Waals surface area (Å²) in [7, 11) is 0. The van der Waals surface area contributed by atoms with E-state index in [1.807, 2.05) is 76.2 Å². The molecule has 0 radical (unpaired) electrons. The lowest BCUT2D eigenvalue weighted by Crippen LogP contribution is -2.57. The van der Waals surface area contributed by atoms with E-state index in [4.69, 9.17) is 14.5 Å². The first-order valence-corrected chi connectivity index (χ1v) is 17.6. The summed E-state index contributed by atoms with van der Waals surface area (Å²) < 4.78 is 12.1. The molecule has 0 bridgehead atoms. The van der Waals surface area contributed by atoms with Crippen molar-refractivity contribution >= 4 is 11.9 Å². The smallest absolute Gasteiger partial charge is 0.322 e. The molecule has 0 aliphatic carbocycles. The van der Waals surface area contributed by atoms with E-state index >= 15 is 0 Å². The van der Waals surface area contributed by atoms with Crippen LogP contribution in [0.5, 0.6) is 5.75 Å². The maximum Gasteiger partial charge on any atom is 0.322 e. The lowest BCUT2D eigenvalue weighted by atomic mass is 9.86. The summed E-state index contributed by atoms with van der Waals surface area (Å²) in [5.41, 5.74) is 5.38. The van der Waals surface area contributed by atoms with E-state index in [2.05, 4.69) is 29.7 Å². The number of aryl methyl sites for hydroxylation is 4. The van der Waals surface area contributed by atoms with Crippen LogP contribution in [0.4, 0.5) is 4.79 Å². The monoisotopic (exact) mass is 641 g/mol. The van der Waals surface area contributed by atoms with Crippen LogP contribution in [0, 0.1) is 27.7 Å². The number of amides is 2. The summed E-state index contributed by atoms with van der Waals surface area (Å²) in [4.78, 5) is 18.7. The number of carbonyl (C=O) groups excluding carboxylic acids is 1. The van der Waals surface area contributed by atoms with E-state index < -0.39 is 11.8 Å². The van der Waals surface area contributed by atoms with E-state index in [0.29, 0.717) is 23.8 Å². The molecular formula is C40H55N3O4. The van der Waals surface area contributed by atoms with Gasteiger partial charge in [-0.2, -0.15) is 0 Å². The van der Waals surface area contributed by atoms with Gasteiger partial charge in [0.1, 0.15) is 24.3 Å². The van der Waals surface area contributed by atoms with E-state index in [0.717, 1.165) is 46.2 Å². The number of aliphatic hydroxyl groups is 1. The van der Waals surface area contributed by atoms with Crippen molar-refractivity contribution in [3.8, 4) is 5.75 Å². The van der Waals surface area contributed by atoms with Gasteiger partial charge in [-0.15, -0.1) is 0 Å². The number of nitrogens with one attached hydrogen (secondary N) is 2. The number of benzene rings is 3. The molecular weight excluding hydrogens is 586 g/mol. The Bertz CT molecular complexity index is 1490. The number of rotatable bonds is 19. The number of para-hydroxylation sites is 1. The van der Waals surface area contributed by atoms with Crippen molar-refractivity contribution in [1.82, 2.24) is 10.6 Å². The van der Waals surface area contributed by atoms with Gasteiger partial charge in [0.2, 0.25) is 0 Å². The molecule has 3 aromatic rings. The van der Waals surface area contributed by atoms with Crippen LogP contribution in [-0.2, 0) is 10.4 Å². The number of ether oxygens (including phenoxy) is 2. The van der Waals surface area contributed by atoms with E-state index in [9.17, 15) is 9.90 Å². The van der Waals surface area contributed by atoms with Crippen molar-refractivity contribution in [3.63, 3.8) is 0 Å². The molecule has 0 fully saturated rings. The Morgan fingerprint density at radius 2 is 1.40 bits per heavy atom. The quantitative estimate of drug-likeness (QED) is 0.114. The number of amidine groups is 1. The maximum atomic E-state index is 13.4. The van der Waals surface area contributed by atoms with Crippen LogP contribution < -0.4 is 15.4 Å². The molecule has 4 rings (SSSR count). The first-order chi connectivity index (χ1) is 22.7. The van der Waals surface area contributed by atoms with Crippen LogP contribution in [0.1, 0.15) is 110 Å². The largest absolute Gasteiger partial charge is 0.490 e. The Hall–Kier alpha value is -3.68. The molecule has 0 spiro atoms. The van der Waals surface area contributed by atoms with Gasteiger partial charge in [0, 0.05) is 23.3 Å². The zero-order valence-corrected chi connectivity index (χ0v) is 29.2. The number of urea groups is 1. The van der Waals surface area contributed by atoms with Crippen LogP contribution in [0.2, 0.25) is 0 Å². The van der Waals surface area contributed by atoms with Gasteiger partial charge in [-0.3, -0.25) is 5.32 Å². The Kier molecular flexibility index (Phi) is 13.9. The number of nitrogens with zero attached hydrogens (tertiary/aromatic N) is 1. The van der Waals surface area contributed by atoms with Crippen LogP contribution in [0.15, 0.2) is 65.7 Å². The van der Waals surface area contributed by atoms with Crippen molar-refractivity contribution < 1.29 is 19.4 Å². The third kappa shape index (κ3) is 10.2. The van der Waals surface area contributed by atoms with Crippen molar-refractivity contribution in [2.45, 2.75) is 111 Å². The maximum absolute atomic E-state index is 13.4. The predicted octanol–water partition coefficient (Wildman–Crippen LogP) is 8.56. The van der Waals surface area contributed by atoms with Gasteiger partial charge in [-0.05, 0) is 51.3 Å². The number of hydrogen-bond acceptors (Lipinski definition) is 5. The fourth-order valence-electron chi connectivity index (χ4n) is 6.39. The molecule has 7 heteroatoms. The number of hydrogen-bond donors (Lipinski definition) is 3. The highest BCUT2D eigenvalue weighted by atomic mass is 16.5. The molecule has 2 atom stereocenters. The summed E-state index contributed by atoms with van der Waals surface area (Å²) >= 11 is 0. The first kappa shape index (κ1) is 36.2. The molecule has 1 heterocycles. The van der Waals surface area contributed by atoms with E-state index in [-0.39, 0.29) is 19.2 Å². The molecule has 47 heavy (non-hydrogen) atoms. The van der Waals surface area contributed by atoms with Crippen LogP contribution in [0.3, 0.4) is 0 Å². The SMILES string of the molecule is CCCCCCCCCCCCOCC(O)COc1ccccc1C1(c2ccc(C)cc2C)N=C(c2ccc(C)cc2C)NC(=O)N1. The average molecular weight is 642 g/mol.